The molecule has 0 amide bonds. The number of benzene rings is 1. The summed E-state index contributed by atoms with van der Waals surface area (Å²) in [6.45, 7) is 11.6. The van der Waals surface area contributed by atoms with Crippen molar-refractivity contribution in [2.45, 2.75) is 173 Å². The fraction of sp³-hybridized carbons (Fsp3) is 0.652. The number of rotatable bonds is 40. The summed E-state index contributed by atoms with van der Waals surface area (Å²) in [5.74, 6) is -0.488. The van der Waals surface area contributed by atoms with E-state index >= 15 is 0 Å². The normalized spacial score (nSPS) is 10.7. The van der Waals surface area contributed by atoms with Gasteiger partial charge in [0, 0.05) is 19.3 Å². The van der Waals surface area contributed by atoms with Gasteiger partial charge in [0.1, 0.15) is 0 Å². The molecule has 0 aliphatic carbocycles. The second kappa shape index (κ2) is 36.1. The minimum atomic E-state index is -1.05. The van der Waals surface area contributed by atoms with Crippen LogP contribution in [0.3, 0.4) is 0 Å². The van der Waals surface area contributed by atoms with E-state index in [-0.39, 0.29) is 23.5 Å². The minimum absolute atomic E-state index is 0.0976. The van der Waals surface area contributed by atoms with Crippen LogP contribution < -0.4 is 14.2 Å². The minimum Gasteiger partial charge on any atom is -0.490 e. The summed E-state index contributed by atoms with van der Waals surface area (Å²) in [5, 5.41) is 9.90. The summed E-state index contributed by atoms with van der Waals surface area (Å²) in [4.78, 5) is 46.3. The van der Waals surface area contributed by atoms with Crippen LogP contribution in [-0.4, -0.2) is 48.8 Å². The van der Waals surface area contributed by atoms with Crippen LogP contribution in [0.15, 0.2) is 50.7 Å². The van der Waals surface area contributed by atoms with Gasteiger partial charge >= 0.3 is 23.9 Å². The van der Waals surface area contributed by atoms with Gasteiger partial charge in [-0.1, -0.05) is 135 Å². The van der Waals surface area contributed by atoms with Gasteiger partial charge in [-0.15, -0.1) is 0 Å². The number of unbranched alkanes of at least 4 members (excludes halogenated alkanes) is 21. The molecule has 0 aliphatic rings. The number of carbonyl (C=O) groups excluding carboxylic acids is 3. The highest BCUT2D eigenvalue weighted by molar-refractivity contribution is 5.89. The molecule has 11 nitrogen and oxygen atoms in total. The van der Waals surface area contributed by atoms with Gasteiger partial charge in [-0.25, -0.2) is 4.79 Å². The quantitative estimate of drug-likeness (QED) is 0.0293. The molecule has 0 saturated heterocycles. The summed E-state index contributed by atoms with van der Waals surface area (Å²) < 4.78 is 32.9. The third-order valence-electron chi connectivity index (χ3n) is 9.50. The van der Waals surface area contributed by atoms with E-state index in [4.69, 9.17) is 28.4 Å². The first-order valence-corrected chi connectivity index (χ1v) is 21.5. The van der Waals surface area contributed by atoms with Crippen LogP contribution in [0.2, 0.25) is 0 Å². The molecule has 57 heavy (non-hydrogen) atoms. The van der Waals surface area contributed by atoms with Gasteiger partial charge in [0.25, 0.3) is 0 Å². The Labute approximate surface area is 342 Å². The molecule has 0 unspecified atom stereocenters. The first-order valence-electron chi connectivity index (χ1n) is 21.5. The van der Waals surface area contributed by atoms with Crippen LogP contribution >= 0.6 is 0 Å². The van der Waals surface area contributed by atoms with Crippen LogP contribution in [0.5, 0.6) is 17.2 Å². The lowest BCUT2D eigenvalue weighted by Gasteiger charge is -2.18. The lowest BCUT2D eigenvalue weighted by atomic mass is 10.1. The molecule has 322 valence electrons. The van der Waals surface area contributed by atoms with E-state index in [1.54, 1.807) is 0 Å². The number of carboxylic acid groups (broad SMARTS) is 1. The van der Waals surface area contributed by atoms with E-state index in [1.807, 2.05) is 0 Å². The Morgan fingerprint density at radius 1 is 0.421 bits per heavy atom. The molecule has 0 aliphatic heterocycles. The fourth-order valence-corrected chi connectivity index (χ4v) is 6.35. The first kappa shape index (κ1) is 50.7. The van der Waals surface area contributed by atoms with Crippen LogP contribution in [-0.2, 0) is 28.6 Å². The van der Waals surface area contributed by atoms with Crippen LogP contribution in [0.25, 0.3) is 0 Å². The number of aromatic carboxylic acids is 1. The molecule has 0 atom stereocenters. The monoisotopic (exact) mass is 801 g/mol. The number of ether oxygens (including phenoxy) is 6. The third kappa shape index (κ3) is 28.7. The maximum Gasteiger partial charge on any atom is 0.335 e. The summed E-state index contributed by atoms with van der Waals surface area (Å²) in [5.41, 5.74) is 0.0976. The molecule has 11 heteroatoms. The number of carboxylic acids is 1. The lowest BCUT2D eigenvalue weighted by Crippen LogP contribution is -2.08. The number of hydrogen-bond acceptors (Lipinski definition) is 10. The summed E-state index contributed by atoms with van der Waals surface area (Å²) >= 11 is 0. The van der Waals surface area contributed by atoms with Crippen molar-refractivity contribution < 1.29 is 52.7 Å². The Hall–Kier alpha value is -4.28. The van der Waals surface area contributed by atoms with Crippen molar-refractivity contribution in [1.82, 2.24) is 0 Å². The number of carbonyl (C=O) groups is 4. The highest BCUT2D eigenvalue weighted by atomic mass is 16.5. The van der Waals surface area contributed by atoms with Crippen molar-refractivity contribution in [2.75, 3.05) is 19.8 Å². The molecule has 0 saturated carbocycles. The first-order chi connectivity index (χ1) is 27.8. The van der Waals surface area contributed by atoms with Gasteiger partial charge in [-0.3, -0.25) is 14.4 Å². The van der Waals surface area contributed by atoms with Crippen molar-refractivity contribution >= 4 is 23.9 Å². The predicted molar refractivity (Wildman–Crippen MR) is 223 cm³/mol. The van der Waals surface area contributed by atoms with E-state index in [2.05, 4.69) is 19.7 Å². The standard InChI is InChI=1S/C46H72O11/c1-4-52-42(47)31-25-19-13-7-10-16-22-28-34-55-40-37-39(46(50)51)38-41(56-35-29-23-17-11-8-14-20-26-32-43(48)53-5-2)45(40)57-36-30-24-18-12-9-15-21-27-33-44(49)54-6-3/h4-6,37-38H,1-3,7-36H2,(H,50,51). The maximum absolute atomic E-state index is 12.1. The maximum atomic E-state index is 12.1. The van der Waals surface area contributed by atoms with Gasteiger partial charge in [-0.05, 0) is 50.7 Å². The smallest absolute Gasteiger partial charge is 0.335 e. The van der Waals surface area contributed by atoms with E-state index in [9.17, 15) is 24.3 Å². The highest BCUT2D eigenvalue weighted by Crippen LogP contribution is 2.39. The van der Waals surface area contributed by atoms with Crippen molar-refractivity contribution in [3.8, 4) is 17.2 Å². The van der Waals surface area contributed by atoms with Crippen molar-refractivity contribution in [1.29, 1.82) is 0 Å². The zero-order chi connectivity index (χ0) is 41.6. The van der Waals surface area contributed by atoms with Crippen LogP contribution in [0, 0.1) is 0 Å². The largest absolute Gasteiger partial charge is 0.490 e. The zero-order valence-electron chi connectivity index (χ0n) is 34.8. The van der Waals surface area contributed by atoms with Gasteiger partial charge in [0.05, 0.1) is 44.2 Å². The Morgan fingerprint density at radius 2 is 0.684 bits per heavy atom. The Bertz CT molecular complexity index is 1210. The third-order valence-corrected chi connectivity index (χ3v) is 9.50. The lowest BCUT2D eigenvalue weighted by molar-refractivity contribution is -0.139. The topological polar surface area (TPSA) is 144 Å². The molecule has 0 fully saturated rings. The summed E-state index contributed by atoms with van der Waals surface area (Å²) in [6.07, 6.45) is 28.9. The molecule has 1 aromatic rings. The average molecular weight is 801 g/mol. The van der Waals surface area contributed by atoms with Crippen molar-refractivity contribution in [3.63, 3.8) is 0 Å². The molecule has 1 N–H and O–H groups in total. The average Bonchev–Trinajstić information content (AvgIpc) is 3.18. The second-order valence-electron chi connectivity index (χ2n) is 14.4. The number of esters is 3. The van der Waals surface area contributed by atoms with Crippen LogP contribution in [0.1, 0.15) is 184 Å². The summed E-state index contributed by atoms with van der Waals surface area (Å²) in [7, 11) is 0. The molecular formula is C46H72O11. The Kier molecular flexibility index (Phi) is 32.1. The van der Waals surface area contributed by atoms with Gasteiger partial charge < -0.3 is 33.5 Å². The Morgan fingerprint density at radius 3 is 0.965 bits per heavy atom. The Balaban J connectivity index is 2.59. The highest BCUT2D eigenvalue weighted by Gasteiger charge is 2.19. The van der Waals surface area contributed by atoms with Crippen molar-refractivity contribution in [2.24, 2.45) is 0 Å². The van der Waals surface area contributed by atoms with Gasteiger partial charge in [0.2, 0.25) is 5.75 Å². The SMILES string of the molecule is C=COC(=O)CCCCCCCCCCOc1cc(C(=O)O)cc(OCCCCCCCCCCC(=O)OC=C)c1OCCCCCCCCCCC(=O)OC=C. The molecule has 0 spiro atoms. The van der Waals surface area contributed by atoms with Gasteiger partial charge in [0.15, 0.2) is 11.5 Å². The van der Waals surface area contributed by atoms with E-state index in [0.29, 0.717) is 56.3 Å². The zero-order valence-corrected chi connectivity index (χ0v) is 34.8. The summed E-state index contributed by atoms with van der Waals surface area (Å²) in [6, 6.07) is 3.07. The second-order valence-corrected chi connectivity index (χ2v) is 14.4. The fourth-order valence-electron chi connectivity index (χ4n) is 6.35. The number of hydrogen-bond donors (Lipinski definition) is 1. The van der Waals surface area contributed by atoms with E-state index in [1.165, 1.54) is 30.9 Å². The molecule has 1 aromatic carbocycles. The van der Waals surface area contributed by atoms with E-state index < -0.39 is 5.97 Å². The molecule has 0 bridgehead atoms. The van der Waals surface area contributed by atoms with Crippen LogP contribution in [0.4, 0.5) is 0 Å². The molecule has 0 heterocycles. The van der Waals surface area contributed by atoms with Crippen molar-refractivity contribution in [3.05, 3.63) is 56.2 Å². The molecule has 0 radical (unpaired) electrons. The van der Waals surface area contributed by atoms with E-state index in [0.717, 1.165) is 154 Å². The predicted octanol–water partition coefficient (Wildman–Crippen LogP) is 12.1. The molecule has 0 aromatic heterocycles. The molecule has 1 rings (SSSR count). The molecular weight excluding hydrogens is 728 g/mol. The van der Waals surface area contributed by atoms with Gasteiger partial charge in [-0.2, -0.15) is 0 Å².